The van der Waals surface area contributed by atoms with Gasteiger partial charge < -0.3 is 4.57 Å². The van der Waals surface area contributed by atoms with E-state index in [-0.39, 0.29) is 0 Å². The molecule has 2 heterocycles. The van der Waals surface area contributed by atoms with Gasteiger partial charge in [0.1, 0.15) is 0 Å². The van der Waals surface area contributed by atoms with Gasteiger partial charge in [0.15, 0.2) is 0 Å². The zero-order chi connectivity index (χ0) is 7.84. The van der Waals surface area contributed by atoms with Crippen LogP contribution in [-0.2, 0) is 13.0 Å². The molecule has 2 rings (SSSR count). The molecule has 0 amide bonds. The van der Waals surface area contributed by atoms with Crippen molar-refractivity contribution in [1.29, 1.82) is 0 Å². The lowest BCUT2D eigenvalue weighted by molar-refractivity contribution is 0.523. The van der Waals surface area contributed by atoms with Gasteiger partial charge in [-0.1, -0.05) is 0 Å². The quantitative estimate of drug-likeness (QED) is 0.566. The van der Waals surface area contributed by atoms with Gasteiger partial charge in [0.2, 0.25) is 0 Å². The molecule has 0 unspecified atom stereocenters. The highest BCUT2D eigenvalue weighted by Gasteiger charge is 2.12. The van der Waals surface area contributed by atoms with E-state index in [0.29, 0.717) is 0 Å². The molecule has 2 heteroatoms. The highest BCUT2D eigenvalue weighted by Crippen LogP contribution is 2.24. The Bertz CT molecular complexity index is 275. The number of thiol groups is 1. The van der Waals surface area contributed by atoms with E-state index < -0.39 is 0 Å². The van der Waals surface area contributed by atoms with Crippen LogP contribution in [-0.4, -0.2) is 4.57 Å². The van der Waals surface area contributed by atoms with Crippen LogP contribution in [0.15, 0.2) is 11.0 Å². The summed E-state index contributed by atoms with van der Waals surface area (Å²) in [5, 5.41) is 0. The van der Waals surface area contributed by atoms with E-state index in [0.717, 1.165) is 4.90 Å². The van der Waals surface area contributed by atoms with E-state index in [1.807, 2.05) is 0 Å². The van der Waals surface area contributed by atoms with Crippen LogP contribution in [0.1, 0.15) is 24.2 Å². The molecule has 0 saturated heterocycles. The zero-order valence-electron chi connectivity index (χ0n) is 6.80. The van der Waals surface area contributed by atoms with Crippen molar-refractivity contribution in [1.82, 2.24) is 4.57 Å². The molecular formula is C9H13NS. The maximum absolute atomic E-state index is 4.40. The number of nitrogens with zero attached hydrogens (tertiary/aromatic N) is 1. The summed E-state index contributed by atoms with van der Waals surface area (Å²) < 4.78 is 2.39. The number of rotatable bonds is 0. The van der Waals surface area contributed by atoms with Crippen molar-refractivity contribution in [3.8, 4) is 0 Å². The van der Waals surface area contributed by atoms with Crippen molar-refractivity contribution in [3.63, 3.8) is 0 Å². The molecule has 0 bridgehead atoms. The molecule has 0 aromatic carbocycles. The fourth-order valence-electron chi connectivity index (χ4n) is 1.79. The molecule has 0 N–H and O–H groups in total. The minimum Gasteiger partial charge on any atom is -0.348 e. The Morgan fingerprint density at radius 3 is 3.00 bits per heavy atom. The summed E-state index contributed by atoms with van der Waals surface area (Å²) in [6.07, 6.45) is 3.91. The van der Waals surface area contributed by atoms with Gasteiger partial charge in [-0.3, -0.25) is 0 Å². The van der Waals surface area contributed by atoms with Crippen molar-refractivity contribution in [2.45, 2.75) is 37.6 Å². The zero-order valence-corrected chi connectivity index (χ0v) is 7.69. The van der Waals surface area contributed by atoms with Crippen LogP contribution in [0.4, 0.5) is 0 Å². The van der Waals surface area contributed by atoms with E-state index in [1.54, 1.807) is 0 Å². The third kappa shape index (κ3) is 1.09. The predicted molar refractivity (Wildman–Crippen MR) is 49.4 cm³/mol. The summed E-state index contributed by atoms with van der Waals surface area (Å²) in [6.45, 7) is 3.35. The standard InChI is InChI=1S/C9H13NS/c1-7-9(11)6-8-4-2-3-5-10(7)8/h6,11H,2-5H2,1H3. The van der Waals surface area contributed by atoms with E-state index in [4.69, 9.17) is 0 Å². The number of hydrogen-bond donors (Lipinski definition) is 1. The lowest BCUT2D eigenvalue weighted by Gasteiger charge is -2.16. The molecule has 1 aromatic rings. The SMILES string of the molecule is Cc1c(S)cc2n1CCCC2. The Balaban J connectivity index is 2.50. The fraction of sp³-hybridized carbons (Fsp3) is 0.556. The maximum atomic E-state index is 4.40. The molecule has 0 aliphatic carbocycles. The van der Waals surface area contributed by atoms with Crippen molar-refractivity contribution in [3.05, 3.63) is 17.5 Å². The maximum Gasteiger partial charge on any atom is 0.0280 e. The second-order valence-corrected chi connectivity index (χ2v) is 3.70. The first-order valence-electron chi connectivity index (χ1n) is 4.17. The van der Waals surface area contributed by atoms with Gasteiger partial charge in [0, 0.05) is 22.8 Å². The van der Waals surface area contributed by atoms with Gasteiger partial charge in [-0.25, -0.2) is 0 Å². The fourth-order valence-corrected chi connectivity index (χ4v) is 2.06. The molecule has 0 saturated carbocycles. The molecule has 0 atom stereocenters. The predicted octanol–water partition coefficient (Wildman–Crippen LogP) is 2.42. The largest absolute Gasteiger partial charge is 0.348 e. The van der Waals surface area contributed by atoms with Crippen molar-refractivity contribution < 1.29 is 0 Å². The van der Waals surface area contributed by atoms with E-state index >= 15 is 0 Å². The molecular weight excluding hydrogens is 154 g/mol. The molecule has 1 nitrogen and oxygen atoms in total. The lowest BCUT2D eigenvalue weighted by atomic mass is 10.1. The Kier molecular flexibility index (Phi) is 1.72. The second kappa shape index (κ2) is 2.59. The topological polar surface area (TPSA) is 4.93 Å². The van der Waals surface area contributed by atoms with Gasteiger partial charge in [0.05, 0.1) is 0 Å². The third-order valence-corrected chi connectivity index (χ3v) is 2.94. The molecule has 0 radical (unpaired) electrons. The van der Waals surface area contributed by atoms with Gasteiger partial charge in [-0.2, -0.15) is 0 Å². The van der Waals surface area contributed by atoms with E-state index in [2.05, 4.69) is 30.2 Å². The van der Waals surface area contributed by atoms with Crippen LogP contribution in [0.25, 0.3) is 0 Å². The van der Waals surface area contributed by atoms with Crippen molar-refractivity contribution >= 4 is 12.6 Å². The summed E-state index contributed by atoms with van der Waals surface area (Å²) in [5.41, 5.74) is 2.81. The third-order valence-electron chi connectivity index (χ3n) is 2.49. The summed E-state index contributed by atoms with van der Waals surface area (Å²) in [6, 6.07) is 2.21. The van der Waals surface area contributed by atoms with Gasteiger partial charge in [-0.15, -0.1) is 12.6 Å². The number of fused-ring (bicyclic) bond motifs is 1. The van der Waals surface area contributed by atoms with E-state index in [1.165, 1.54) is 37.2 Å². The highest BCUT2D eigenvalue weighted by atomic mass is 32.1. The minimum absolute atomic E-state index is 1.15. The van der Waals surface area contributed by atoms with Gasteiger partial charge in [-0.05, 0) is 32.3 Å². The first-order valence-corrected chi connectivity index (χ1v) is 4.62. The van der Waals surface area contributed by atoms with Gasteiger partial charge >= 0.3 is 0 Å². The molecule has 0 fully saturated rings. The Morgan fingerprint density at radius 1 is 1.45 bits per heavy atom. The first-order chi connectivity index (χ1) is 5.29. The van der Waals surface area contributed by atoms with E-state index in [9.17, 15) is 0 Å². The van der Waals surface area contributed by atoms with Crippen LogP contribution < -0.4 is 0 Å². The monoisotopic (exact) mass is 167 g/mol. The van der Waals surface area contributed by atoms with Crippen LogP contribution in [0.2, 0.25) is 0 Å². The first kappa shape index (κ1) is 7.29. The van der Waals surface area contributed by atoms with Crippen LogP contribution >= 0.6 is 12.6 Å². The number of aromatic nitrogens is 1. The molecule has 1 aromatic heterocycles. The van der Waals surface area contributed by atoms with Crippen molar-refractivity contribution in [2.75, 3.05) is 0 Å². The lowest BCUT2D eigenvalue weighted by Crippen LogP contribution is -2.10. The number of aryl methyl sites for hydroxylation is 1. The van der Waals surface area contributed by atoms with Crippen LogP contribution in [0, 0.1) is 6.92 Å². The normalized spacial score (nSPS) is 16.5. The molecule has 1 aliphatic heterocycles. The van der Waals surface area contributed by atoms with Crippen molar-refractivity contribution in [2.24, 2.45) is 0 Å². The second-order valence-electron chi connectivity index (χ2n) is 3.22. The Labute approximate surface area is 72.8 Å². The summed E-state index contributed by atoms with van der Waals surface area (Å²) in [4.78, 5) is 1.15. The molecule has 1 aliphatic rings. The smallest absolute Gasteiger partial charge is 0.0280 e. The van der Waals surface area contributed by atoms with Crippen LogP contribution in [0.5, 0.6) is 0 Å². The minimum atomic E-state index is 1.15. The average Bonchev–Trinajstić information content (AvgIpc) is 2.30. The molecule has 60 valence electrons. The summed E-state index contributed by atoms with van der Waals surface area (Å²) >= 11 is 4.40. The number of hydrogen-bond acceptors (Lipinski definition) is 1. The Hall–Kier alpha value is -0.370. The molecule has 11 heavy (non-hydrogen) atoms. The van der Waals surface area contributed by atoms with Crippen LogP contribution in [0.3, 0.4) is 0 Å². The molecule has 0 spiro atoms. The Morgan fingerprint density at radius 2 is 2.27 bits per heavy atom. The summed E-state index contributed by atoms with van der Waals surface area (Å²) in [5.74, 6) is 0. The average molecular weight is 167 g/mol. The highest BCUT2D eigenvalue weighted by molar-refractivity contribution is 7.80. The van der Waals surface area contributed by atoms with Gasteiger partial charge in [0.25, 0.3) is 0 Å². The summed E-state index contributed by atoms with van der Waals surface area (Å²) in [7, 11) is 0.